The van der Waals surface area contributed by atoms with E-state index in [9.17, 15) is 14.1 Å². The Morgan fingerprint density at radius 3 is 2.55 bits per heavy atom. The van der Waals surface area contributed by atoms with E-state index < -0.39 is 22.6 Å². The van der Waals surface area contributed by atoms with Crippen LogP contribution in [0.1, 0.15) is 10.4 Å². The number of hydrogen-bond donors (Lipinski definition) is 0. The number of aromatic nitrogens is 2. The van der Waals surface area contributed by atoms with Gasteiger partial charge in [-0.15, -0.1) is 0 Å². The molecule has 0 radical (unpaired) electrons. The largest absolute Gasteiger partial charge is 0.547 e. The van der Waals surface area contributed by atoms with Crippen molar-refractivity contribution in [3.63, 3.8) is 0 Å². The van der Waals surface area contributed by atoms with Crippen LogP contribution in [-0.4, -0.2) is 45.1 Å². The number of rotatable bonds is 2. The van der Waals surface area contributed by atoms with Crippen molar-refractivity contribution in [2.24, 2.45) is 0 Å². The summed E-state index contributed by atoms with van der Waals surface area (Å²) in [5.41, 5.74) is -0.426. The Kier molecular flexibility index (Phi) is 4.25. The van der Waals surface area contributed by atoms with Crippen LogP contribution in [0, 0.1) is 0 Å². The quantitative estimate of drug-likeness (QED) is 0.761. The summed E-state index contributed by atoms with van der Waals surface area (Å²) in [6.07, 6.45) is 0. The number of anilines is 1. The first-order valence-corrected chi connectivity index (χ1v) is 8.00. The fourth-order valence-corrected chi connectivity index (χ4v) is 3.18. The SMILES string of the molecule is O=C(c1ccc(Cl)cc1)n1c(=O)c(N2CCOCC2)n[s+]1[O-]. The molecule has 2 heterocycles. The van der Waals surface area contributed by atoms with Crippen molar-refractivity contribution in [3.05, 3.63) is 45.2 Å². The molecular weight excluding hydrogens is 330 g/mol. The zero-order chi connectivity index (χ0) is 15.7. The number of morpholine rings is 1. The molecule has 0 bridgehead atoms. The van der Waals surface area contributed by atoms with Gasteiger partial charge in [0.15, 0.2) is 11.1 Å². The summed E-state index contributed by atoms with van der Waals surface area (Å²) in [7, 11) is 0. The molecule has 1 fully saturated rings. The first-order chi connectivity index (χ1) is 10.6. The minimum atomic E-state index is -2.05. The van der Waals surface area contributed by atoms with E-state index in [2.05, 4.69) is 4.37 Å². The fraction of sp³-hybridized carbons (Fsp3) is 0.308. The van der Waals surface area contributed by atoms with Gasteiger partial charge < -0.3 is 14.2 Å². The van der Waals surface area contributed by atoms with Crippen LogP contribution in [0.25, 0.3) is 0 Å². The second-order valence-corrected chi connectivity index (χ2v) is 6.10. The molecule has 0 spiro atoms. The summed E-state index contributed by atoms with van der Waals surface area (Å²) in [4.78, 5) is 26.4. The van der Waals surface area contributed by atoms with Crippen LogP contribution in [0.4, 0.5) is 5.82 Å². The Balaban J connectivity index is 1.97. The third-order valence-electron chi connectivity index (χ3n) is 3.28. The van der Waals surface area contributed by atoms with Gasteiger partial charge >= 0.3 is 11.5 Å². The van der Waals surface area contributed by atoms with E-state index in [-0.39, 0.29) is 11.4 Å². The van der Waals surface area contributed by atoms with E-state index in [1.54, 1.807) is 4.90 Å². The van der Waals surface area contributed by atoms with Crippen molar-refractivity contribution < 1.29 is 14.1 Å². The van der Waals surface area contributed by atoms with Crippen LogP contribution < -0.4 is 10.5 Å². The van der Waals surface area contributed by atoms with Crippen molar-refractivity contribution in [2.45, 2.75) is 0 Å². The molecule has 9 heteroatoms. The summed E-state index contributed by atoms with van der Waals surface area (Å²) < 4.78 is 21.7. The molecule has 0 amide bonds. The van der Waals surface area contributed by atoms with Gasteiger partial charge in [0.2, 0.25) is 0 Å². The summed E-state index contributed by atoms with van der Waals surface area (Å²) in [5.74, 6) is -0.615. The van der Waals surface area contributed by atoms with Crippen LogP contribution in [0.3, 0.4) is 0 Å². The van der Waals surface area contributed by atoms with Gasteiger partial charge in [0, 0.05) is 28.0 Å². The van der Waals surface area contributed by atoms with Crippen LogP contribution in [0.5, 0.6) is 0 Å². The Morgan fingerprint density at radius 2 is 1.91 bits per heavy atom. The first kappa shape index (κ1) is 15.2. The van der Waals surface area contributed by atoms with Crippen molar-refractivity contribution in [2.75, 3.05) is 31.2 Å². The molecule has 0 aliphatic carbocycles. The van der Waals surface area contributed by atoms with Crippen LogP contribution >= 0.6 is 22.7 Å². The highest BCUT2D eigenvalue weighted by atomic mass is 35.5. The summed E-state index contributed by atoms with van der Waals surface area (Å²) in [6, 6.07) is 6.01. The standard InChI is InChI=1S/C13H12ClN3O4S/c14-10-3-1-9(2-4-10)12(18)17-13(19)11(15-22(17)20)16-5-7-21-8-6-16/h1-4H,5-8H2. The van der Waals surface area contributed by atoms with Gasteiger partial charge in [-0.1, -0.05) is 11.6 Å². The molecule has 0 N–H and O–H groups in total. The van der Waals surface area contributed by atoms with E-state index in [1.165, 1.54) is 24.3 Å². The summed E-state index contributed by atoms with van der Waals surface area (Å²) >= 11 is 3.71. The highest BCUT2D eigenvalue weighted by Crippen LogP contribution is 2.18. The fourth-order valence-electron chi connectivity index (χ4n) is 2.16. The lowest BCUT2D eigenvalue weighted by atomic mass is 10.2. The van der Waals surface area contributed by atoms with Gasteiger partial charge in [-0.05, 0) is 28.2 Å². The number of carbonyl (C=O) groups excluding carboxylic acids is 1. The molecule has 7 nitrogen and oxygen atoms in total. The molecule has 1 aliphatic heterocycles. The van der Waals surface area contributed by atoms with Crippen LogP contribution in [-0.2, 0) is 4.74 Å². The Hall–Kier alpha value is -1.74. The lowest BCUT2D eigenvalue weighted by Gasteiger charge is -2.24. The number of ether oxygens (including phenoxy) is 1. The van der Waals surface area contributed by atoms with Gasteiger partial charge in [-0.3, -0.25) is 9.59 Å². The second-order valence-electron chi connectivity index (χ2n) is 4.66. The Bertz CT molecular complexity index is 750. The lowest BCUT2D eigenvalue weighted by molar-refractivity contribution is 0.0966. The highest BCUT2D eigenvalue weighted by molar-refractivity contribution is 7.15. The number of nitrogens with zero attached hydrogens (tertiary/aromatic N) is 3. The second kappa shape index (κ2) is 6.17. The molecule has 3 rings (SSSR count). The average molecular weight is 342 g/mol. The summed E-state index contributed by atoms with van der Waals surface area (Å²) in [6.45, 7) is 1.88. The smallest absolute Gasteiger partial charge is 0.350 e. The minimum absolute atomic E-state index is 0.0453. The van der Waals surface area contributed by atoms with Crippen molar-refractivity contribution in [1.82, 2.24) is 8.33 Å². The van der Waals surface area contributed by atoms with Crippen molar-refractivity contribution in [3.8, 4) is 0 Å². The molecular formula is C13H12ClN3O4S. The monoisotopic (exact) mass is 341 g/mol. The van der Waals surface area contributed by atoms with E-state index in [4.69, 9.17) is 16.3 Å². The third kappa shape index (κ3) is 2.78. The molecule has 1 saturated heterocycles. The Morgan fingerprint density at radius 1 is 1.27 bits per heavy atom. The van der Waals surface area contributed by atoms with Gasteiger partial charge in [0.1, 0.15) is 0 Å². The van der Waals surface area contributed by atoms with Crippen LogP contribution in [0.15, 0.2) is 29.1 Å². The van der Waals surface area contributed by atoms with Crippen LogP contribution in [0.2, 0.25) is 5.02 Å². The molecule has 1 aliphatic rings. The maximum atomic E-state index is 12.4. The number of carbonyl (C=O) groups is 1. The highest BCUT2D eigenvalue weighted by Gasteiger charge is 2.29. The van der Waals surface area contributed by atoms with Gasteiger partial charge in [0.05, 0.1) is 13.2 Å². The van der Waals surface area contributed by atoms with E-state index in [0.29, 0.717) is 35.3 Å². The van der Waals surface area contributed by atoms with E-state index in [1.807, 2.05) is 0 Å². The average Bonchev–Trinajstić information content (AvgIpc) is 2.83. The number of benzene rings is 1. The van der Waals surface area contributed by atoms with Gasteiger partial charge in [-0.25, -0.2) is 0 Å². The van der Waals surface area contributed by atoms with Crippen molar-refractivity contribution >= 4 is 34.5 Å². The molecule has 116 valence electrons. The molecule has 1 atom stereocenters. The van der Waals surface area contributed by atoms with E-state index in [0.717, 1.165) is 0 Å². The zero-order valence-corrected chi connectivity index (χ0v) is 13.0. The number of hydrogen-bond acceptors (Lipinski definition) is 6. The maximum Gasteiger partial charge on any atom is 0.350 e. The Labute approximate surface area is 133 Å². The molecule has 1 aromatic carbocycles. The van der Waals surface area contributed by atoms with Gasteiger partial charge in [0.25, 0.3) is 5.82 Å². The molecule has 2 aromatic rings. The first-order valence-electron chi connectivity index (χ1n) is 6.55. The molecule has 22 heavy (non-hydrogen) atoms. The van der Waals surface area contributed by atoms with Gasteiger partial charge in [-0.2, -0.15) is 0 Å². The molecule has 0 saturated carbocycles. The lowest BCUT2D eigenvalue weighted by Crippen LogP contribution is -2.39. The van der Waals surface area contributed by atoms with E-state index >= 15 is 0 Å². The summed E-state index contributed by atoms with van der Waals surface area (Å²) in [5, 5.41) is 0.468. The van der Waals surface area contributed by atoms with Crippen molar-refractivity contribution in [1.29, 1.82) is 0 Å². The predicted octanol–water partition coefficient (Wildman–Crippen LogP) is 1.15. The normalized spacial score (nSPS) is 15.9. The molecule has 1 aromatic heterocycles. The number of halogens is 1. The minimum Gasteiger partial charge on any atom is -0.547 e. The predicted molar refractivity (Wildman–Crippen MR) is 81.4 cm³/mol. The zero-order valence-electron chi connectivity index (χ0n) is 11.4. The molecule has 1 unspecified atom stereocenters. The maximum absolute atomic E-state index is 12.4. The topological polar surface area (TPSA) is 87.5 Å². The third-order valence-corrected chi connectivity index (χ3v) is 4.51.